The highest BCUT2D eigenvalue weighted by Gasteiger charge is 2.25. The molecule has 0 spiro atoms. The summed E-state index contributed by atoms with van der Waals surface area (Å²) in [4.78, 5) is 11.8. The molecule has 1 fully saturated rings. The zero-order valence-corrected chi connectivity index (χ0v) is 10.4. The number of nitrogens with one attached hydrogen (secondary N) is 1. The van der Waals surface area contributed by atoms with E-state index in [0.29, 0.717) is 6.04 Å². The molecule has 86 valence electrons. The second kappa shape index (κ2) is 4.37. The fraction of sp³-hybridized carbons (Fsp3) is 0.417. The zero-order valence-electron chi connectivity index (χ0n) is 9.53. The number of amides is 2. The standard InChI is InChI=1S/C12H16N2OS/c1-8-3-6-11(9(2)7-8)14(16)12(15)13-10-4-5-10/h3,6-7,10,16H,4-5H2,1-2H3,(H,13,15). The van der Waals surface area contributed by atoms with Crippen molar-refractivity contribution in [1.29, 1.82) is 0 Å². The van der Waals surface area contributed by atoms with Crippen molar-refractivity contribution in [1.82, 2.24) is 5.32 Å². The molecule has 1 aliphatic rings. The number of thiol groups is 1. The average molecular weight is 236 g/mol. The molecule has 1 aromatic rings. The van der Waals surface area contributed by atoms with Crippen LogP contribution < -0.4 is 9.62 Å². The molecule has 16 heavy (non-hydrogen) atoms. The van der Waals surface area contributed by atoms with Gasteiger partial charge in [-0.05, 0) is 38.3 Å². The summed E-state index contributed by atoms with van der Waals surface area (Å²) in [5.74, 6) is 0. The van der Waals surface area contributed by atoms with Gasteiger partial charge in [0.2, 0.25) is 0 Å². The van der Waals surface area contributed by atoms with Crippen molar-refractivity contribution < 1.29 is 4.79 Å². The van der Waals surface area contributed by atoms with Gasteiger partial charge in [0.15, 0.2) is 0 Å². The summed E-state index contributed by atoms with van der Waals surface area (Å²) in [6, 6.07) is 6.16. The first-order valence-corrected chi connectivity index (χ1v) is 5.84. The van der Waals surface area contributed by atoms with E-state index in [2.05, 4.69) is 18.1 Å². The molecular formula is C12H16N2OS. The number of carbonyl (C=O) groups is 1. The maximum Gasteiger partial charge on any atom is 0.332 e. The molecule has 0 atom stereocenters. The van der Waals surface area contributed by atoms with Gasteiger partial charge >= 0.3 is 6.03 Å². The number of carbonyl (C=O) groups excluding carboxylic acids is 1. The summed E-state index contributed by atoms with van der Waals surface area (Å²) in [6.45, 7) is 4.01. The van der Waals surface area contributed by atoms with Crippen LogP contribution in [0, 0.1) is 13.8 Å². The molecule has 1 aliphatic carbocycles. The van der Waals surface area contributed by atoms with Crippen LogP contribution >= 0.6 is 12.8 Å². The van der Waals surface area contributed by atoms with Gasteiger partial charge in [-0.15, -0.1) is 0 Å². The van der Waals surface area contributed by atoms with E-state index >= 15 is 0 Å². The molecule has 0 unspecified atom stereocenters. The van der Waals surface area contributed by atoms with Gasteiger partial charge in [0.05, 0.1) is 5.69 Å². The lowest BCUT2D eigenvalue weighted by atomic mass is 10.1. The molecule has 0 aliphatic heterocycles. The number of urea groups is 1. The Kier molecular flexibility index (Phi) is 3.10. The smallest absolute Gasteiger partial charge is 0.332 e. The fourth-order valence-electron chi connectivity index (χ4n) is 1.62. The first kappa shape index (κ1) is 11.3. The third-order valence-corrected chi connectivity index (χ3v) is 3.07. The summed E-state index contributed by atoms with van der Waals surface area (Å²) < 4.78 is 1.38. The molecular weight excluding hydrogens is 220 g/mol. The molecule has 1 aromatic carbocycles. The molecule has 4 heteroatoms. The maximum atomic E-state index is 11.8. The number of hydrogen-bond acceptors (Lipinski definition) is 2. The summed E-state index contributed by atoms with van der Waals surface area (Å²) in [5, 5.41) is 2.90. The van der Waals surface area contributed by atoms with Gasteiger partial charge in [0, 0.05) is 6.04 Å². The largest absolute Gasteiger partial charge is 0.334 e. The molecule has 0 radical (unpaired) electrons. The van der Waals surface area contributed by atoms with Crippen molar-refractivity contribution in [2.75, 3.05) is 4.31 Å². The minimum absolute atomic E-state index is 0.141. The molecule has 0 heterocycles. The molecule has 0 bridgehead atoms. The van der Waals surface area contributed by atoms with E-state index in [0.717, 1.165) is 24.1 Å². The van der Waals surface area contributed by atoms with Crippen molar-refractivity contribution in [2.24, 2.45) is 0 Å². The number of benzene rings is 1. The van der Waals surface area contributed by atoms with Crippen LogP contribution in [0.1, 0.15) is 24.0 Å². The summed E-state index contributed by atoms with van der Waals surface area (Å²) in [7, 11) is 0. The number of aryl methyl sites for hydroxylation is 2. The second-order valence-electron chi connectivity index (χ2n) is 4.33. The first-order valence-electron chi connectivity index (χ1n) is 5.44. The van der Waals surface area contributed by atoms with Crippen LogP contribution in [0.4, 0.5) is 10.5 Å². The lowest BCUT2D eigenvalue weighted by Gasteiger charge is -2.18. The van der Waals surface area contributed by atoms with Gasteiger partial charge < -0.3 is 5.32 Å². The van der Waals surface area contributed by atoms with Crippen LogP contribution in [0.2, 0.25) is 0 Å². The molecule has 0 saturated heterocycles. The van der Waals surface area contributed by atoms with Crippen LogP contribution in [0.15, 0.2) is 18.2 Å². The van der Waals surface area contributed by atoms with E-state index in [1.807, 2.05) is 32.0 Å². The highest BCUT2D eigenvalue weighted by Crippen LogP contribution is 2.24. The van der Waals surface area contributed by atoms with Crippen LogP contribution in [0.5, 0.6) is 0 Å². The predicted molar refractivity (Wildman–Crippen MR) is 68.9 cm³/mol. The van der Waals surface area contributed by atoms with Crippen molar-refractivity contribution >= 4 is 24.5 Å². The minimum atomic E-state index is -0.141. The number of nitrogens with zero attached hydrogens (tertiary/aromatic N) is 1. The van der Waals surface area contributed by atoms with Gasteiger partial charge in [-0.25, -0.2) is 9.10 Å². The van der Waals surface area contributed by atoms with Gasteiger partial charge in [-0.1, -0.05) is 30.5 Å². The van der Waals surface area contributed by atoms with Crippen molar-refractivity contribution in [2.45, 2.75) is 32.7 Å². The van der Waals surface area contributed by atoms with Crippen molar-refractivity contribution in [3.63, 3.8) is 0 Å². The molecule has 3 nitrogen and oxygen atoms in total. The summed E-state index contributed by atoms with van der Waals surface area (Å²) >= 11 is 4.24. The first-order chi connectivity index (χ1) is 7.58. The number of anilines is 1. The van der Waals surface area contributed by atoms with Crippen LogP contribution in [-0.2, 0) is 0 Å². The number of hydrogen-bond donors (Lipinski definition) is 2. The topological polar surface area (TPSA) is 32.3 Å². The highest BCUT2D eigenvalue weighted by molar-refractivity contribution is 7.82. The Labute approximate surface area is 101 Å². The van der Waals surface area contributed by atoms with Gasteiger partial charge in [-0.3, -0.25) is 0 Å². The van der Waals surface area contributed by atoms with Crippen LogP contribution in [0.3, 0.4) is 0 Å². The van der Waals surface area contributed by atoms with Crippen LogP contribution in [-0.4, -0.2) is 12.1 Å². The van der Waals surface area contributed by atoms with Gasteiger partial charge in [0.1, 0.15) is 0 Å². The Morgan fingerprint density at radius 1 is 1.44 bits per heavy atom. The zero-order chi connectivity index (χ0) is 11.7. The predicted octanol–water partition coefficient (Wildman–Crippen LogP) is 2.83. The van der Waals surface area contributed by atoms with Gasteiger partial charge in [-0.2, -0.15) is 0 Å². The van der Waals surface area contributed by atoms with Gasteiger partial charge in [0.25, 0.3) is 0 Å². The lowest BCUT2D eigenvalue weighted by Crippen LogP contribution is -2.35. The van der Waals surface area contributed by atoms with E-state index in [1.165, 1.54) is 9.87 Å². The van der Waals surface area contributed by atoms with E-state index in [1.54, 1.807) is 0 Å². The molecule has 2 rings (SSSR count). The normalized spacial score (nSPS) is 14.7. The SMILES string of the molecule is Cc1ccc(N(S)C(=O)NC2CC2)c(C)c1. The summed E-state index contributed by atoms with van der Waals surface area (Å²) in [6.07, 6.45) is 2.17. The van der Waals surface area contributed by atoms with E-state index in [4.69, 9.17) is 0 Å². The minimum Gasteiger partial charge on any atom is -0.334 e. The fourth-order valence-corrected chi connectivity index (χ4v) is 1.90. The Bertz CT molecular complexity index is 415. The quantitative estimate of drug-likeness (QED) is 0.760. The Balaban J connectivity index is 2.12. The Morgan fingerprint density at radius 3 is 2.69 bits per heavy atom. The average Bonchev–Trinajstić information content (AvgIpc) is 3.00. The number of rotatable bonds is 2. The van der Waals surface area contributed by atoms with Crippen molar-refractivity contribution in [3.8, 4) is 0 Å². The molecule has 2 amide bonds. The third kappa shape index (κ3) is 2.50. The molecule has 1 saturated carbocycles. The lowest BCUT2D eigenvalue weighted by molar-refractivity contribution is 0.249. The van der Waals surface area contributed by atoms with E-state index in [-0.39, 0.29) is 6.03 Å². The molecule has 0 aromatic heterocycles. The van der Waals surface area contributed by atoms with Crippen LogP contribution in [0.25, 0.3) is 0 Å². The maximum absolute atomic E-state index is 11.8. The molecule has 1 N–H and O–H groups in total. The Hall–Kier alpha value is -1.16. The highest BCUT2D eigenvalue weighted by atomic mass is 32.1. The van der Waals surface area contributed by atoms with E-state index in [9.17, 15) is 4.79 Å². The third-order valence-electron chi connectivity index (χ3n) is 2.68. The monoisotopic (exact) mass is 236 g/mol. The summed E-state index contributed by atoms with van der Waals surface area (Å²) in [5.41, 5.74) is 3.08. The Morgan fingerprint density at radius 2 is 2.12 bits per heavy atom. The van der Waals surface area contributed by atoms with E-state index < -0.39 is 0 Å². The second-order valence-corrected chi connectivity index (χ2v) is 4.73. The van der Waals surface area contributed by atoms with Crippen molar-refractivity contribution in [3.05, 3.63) is 29.3 Å².